The van der Waals surface area contributed by atoms with Gasteiger partial charge in [0.05, 0.1) is 19.1 Å². The number of phenolic OH excluding ortho intramolecular Hbond substituents is 1. The summed E-state index contributed by atoms with van der Waals surface area (Å²) in [6.07, 6.45) is 5.12. The first-order valence-corrected chi connectivity index (χ1v) is 17.3. The molecule has 1 saturated carbocycles. The predicted molar refractivity (Wildman–Crippen MR) is 192 cm³/mol. The van der Waals surface area contributed by atoms with E-state index in [1.807, 2.05) is 71.9 Å². The molecule has 272 valence electrons. The predicted octanol–water partition coefficient (Wildman–Crippen LogP) is 6.20. The highest BCUT2D eigenvalue weighted by atomic mass is 16.6. The largest absolute Gasteiger partial charge is 0.508 e. The molecule has 0 spiro atoms. The third-order valence-corrected chi connectivity index (χ3v) is 8.22. The lowest BCUT2D eigenvalue weighted by atomic mass is 9.96. The first-order valence-electron chi connectivity index (χ1n) is 17.3. The molecule has 0 aliphatic heterocycles. The minimum absolute atomic E-state index is 0.0248. The number of aryl methyl sites for hydroxylation is 2. The van der Waals surface area contributed by atoms with E-state index in [1.54, 1.807) is 6.07 Å². The average Bonchev–Trinajstić information content (AvgIpc) is 3.88. The maximum Gasteiger partial charge on any atom is 0.345 e. The quantitative estimate of drug-likeness (QED) is 0.103. The van der Waals surface area contributed by atoms with Crippen molar-refractivity contribution in [2.24, 2.45) is 23.7 Å². The van der Waals surface area contributed by atoms with Gasteiger partial charge in [-0.25, -0.2) is 4.79 Å². The number of allylic oxidation sites excluding steroid dienone is 1. The molecule has 2 aromatic rings. The first kappa shape index (κ1) is 42.8. The number of aromatic hydroxyl groups is 1. The van der Waals surface area contributed by atoms with Gasteiger partial charge in [-0.15, -0.1) is 0 Å². The third kappa shape index (κ3) is 16.7. The molecular weight excluding hydrogens is 624 g/mol. The minimum atomic E-state index is -1.22. The molecule has 1 aliphatic carbocycles. The van der Waals surface area contributed by atoms with Crippen molar-refractivity contribution < 1.29 is 39.2 Å². The molecule has 10 heteroatoms. The number of nitrogens with one attached hydrogen (secondary N) is 2. The number of rotatable bonds is 16. The summed E-state index contributed by atoms with van der Waals surface area (Å²) in [5.41, 5.74) is 4.36. The number of benzene rings is 2. The van der Waals surface area contributed by atoms with Crippen LogP contribution >= 0.6 is 0 Å². The van der Waals surface area contributed by atoms with Crippen molar-refractivity contribution in [3.05, 3.63) is 76.9 Å². The number of carboxylic acids is 1. The Kier molecular flexibility index (Phi) is 19.6. The van der Waals surface area contributed by atoms with Crippen molar-refractivity contribution in [1.29, 1.82) is 0 Å². The molecular formula is C39H58N2O8. The van der Waals surface area contributed by atoms with E-state index in [-0.39, 0.29) is 37.9 Å². The fourth-order valence-corrected chi connectivity index (χ4v) is 5.19. The van der Waals surface area contributed by atoms with Crippen LogP contribution in [0.3, 0.4) is 0 Å². The highest BCUT2D eigenvalue weighted by Crippen LogP contribution is 2.52. The fourth-order valence-electron chi connectivity index (χ4n) is 5.19. The second-order valence-electron chi connectivity index (χ2n) is 13.0. The van der Waals surface area contributed by atoms with Gasteiger partial charge in [-0.3, -0.25) is 14.4 Å². The van der Waals surface area contributed by atoms with Gasteiger partial charge in [-0.1, -0.05) is 89.6 Å². The molecule has 2 aromatic carbocycles. The Hall–Kier alpha value is -4.18. The molecule has 49 heavy (non-hydrogen) atoms. The van der Waals surface area contributed by atoms with Crippen molar-refractivity contribution in [1.82, 2.24) is 10.6 Å². The fraction of sp³-hybridized carbons (Fsp3) is 0.538. The molecule has 0 saturated heterocycles. The lowest BCUT2D eigenvalue weighted by molar-refractivity contribution is -0.167. The molecule has 0 bridgehead atoms. The van der Waals surface area contributed by atoms with Gasteiger partial charge < -0.3 is 30.7 Å². The van der Waals surface area contributed by atoms with E-state index in [1.165, 1.54) is 24.1 Å². The summed E-state index contributed by atoms with van der Waals surface area (Å²) in [6.45, 7) is 15.1. The van der Waals surface area contributed by atoms with Crippen LogP contribution in [-0.4, -0.2) is 58.3 Å². The smallest absolute Gasteiger partial charge is 0.345 e. The number of aliphatic hydroxyl groups is 1. The second-order valence-corrected chi connectivity index (χ2v) is 13.0. The summed E-state index contributed by atoms with van der Waals surface area (Å²) >= 11 is 0. The molecule has 0 aromatic heterocycles. The molecule has 1 aliphatic rings. The second kappa shape index (κ2) is 22.5. The Balaban J connectivity index is 0.000000929. The summed E-state index contributed by atoms with van der Waals surface area (Å²) in [4.78, 5) is 47.5. The lowest BCUT2D eigenvalue weighted by Gasteiger charge is -2.18. The van der Waals surface area contributed by atoms with Crippen LogP contribution in [0.25, 0.3) is 0 Å². The Morgan fingerprint density at radius 3 is 2.18 bits per heavy atom. The number of esters is 1. The number of carbonyl (C=O) groups excluding carboxylic acids is 3. The van der Waals surface area contributed by atoms with Crippen LogP contribution in [0.15, 0.2) is 54.6 Å². The number of aliphatic hydroxyl groups excluding tert-OH is 1. The van der Waals surface area contributed by atoms with Crippen molar-refractivity contribution >= 4 is 23.8 Å². The van der Waals surface area contributed by atoms with Crippen LogP contribution in [0.4, 0.5) is 0 Å². The Morgan fingerprint density at radius 2 is 1.63 bits per heavy atom. The number of hydrogen-bond donors (Lipinski definition) is 5. The van der Waals surface area contributed by atoms with Crippen LogP contribution in [0.5, 0.6) is 5.75 Å². The summed E-state index contributed by atoms with van der Waals surface area (Å²) in [7, 11) is 0. The van der Waals surface area contributed by atoms with Gasteiger partial charge in [-0.05, 0) is 92.0 Å². The molecule has 0 radical (unpaired) electrons. The standard InChI is InChI=1S/C29H42N2O7.C8H10O.C2H6/c1-18(2)13-25(28(35)36)38-29(37)20(4)15-30-27(34)16-31-26(33)8-6-5-7-19(3)23-14-24(23)22-11-9-21(17-32)10-12-22;1-6-3-4-8(9)7(2)5-6;1-2/h6,8-12,18-20,23-25,32H,5,7,13-17H2,1-4H3,(H,30,34)(H,31,33)(H,35,36);3-5,9H,1-2H3;1-2H3/b8-6+;;/t19-,20+,23?,24+,25-;;/m0../s1. The molecule has 1 unspecified atom stereocenters. The molecule has 3 rings (SSSR count). The molecule has 1 fully saturated rings. The van der Waals surface area contributed by atoms with Crippen molar-refractivity contribution in [3.63, 3.8) is 0 Å². The van der Waals surface area contributed by atoms with Gasteiger partial charge in [0, 0.05) is 6.54 Å². The van der Waals surface area contributed by atoms with Crippen LogP contribution in [0.2, 0.25) is 0 Å². The van der Waals surface area contributed by atoms with Gasteiger partial charge in [0.1, 0.15) is 5.75 Å². The Morgan fingerprint density at radius 1 is 0.980 bits per heavy atom. The number of carbonyl (C=O) groups is 4. The Bertz CT molecular complexity index is 1360. The summed E-state index contributed by atoms with van der Waals surface area (Å²) in [6, 6.07) is 13.7. The van der Waals surface area contributed by atoms with Crippen LogP contribution in [0.1, 0.15) is 95.4 Å². The third-order valence-electron chi connectivity index (χ3n) is 8.22. The topological polar surface area (TPSA) is 162 Å². The summed E-state index contributed by atoms with van der Waals surface area (Å²) in [5.74, 6) is -1.30. The Labute approximate surface area is 292 Å². The van der Waals surface area contributed by atoms with Crippen molar-refractivity contribution in [2.75, 3.05) is 13.1 Å². The van der Waals surface area contributed by atoms with Gasteiger partial charge in [-0.2, -0.15) is 0 Å². The number of aliphatic carboxylic acids is 1. The summed E-state index contributed by atoms with van der Waals surface area (Å²) < 4.78 is 5.07. The number of ether oxygens (including phenoxy) is 1. The van der Waals surface area contributed by atoms with E-state index in [0.717, 1.165) is 30.4 Å². The van der Waals surface area contributed by atoms with E-state index in [9.17, 15) is 29.4 Å². The van der Waals surface area contributed by atoms with Crippen molar-refractivity contribution in [2.45, 2.75) is 99.7 Å². The zero-order valence-electron chi connectivity index (χ0n) is 30.5. The molecule has 0 heterocycles. The highest BCUT2D eigenvalue weighted by molar-refractivity contribution is 5.91. The van der Waals surface area contributed by atoms with E-state index < -0.39 is 29.9 Å². The average molecular weight is 683 g/mol. The van der Waals surface area contributed by atoms with Crippen molar-refractivity contribution in [3.8, 4) is 5.75 Å². The van der Waals surface area contributed by atoms with E-state index >= 15 is 0 Å². The number of phenols is 1. The maximum absolute atomic E-state index is 12.1. The number of carboxylic acid groups (broad SMARTS) is 1. The van der Waals surface area contributed by atoms with Gasteiger partial charge in [0.2, 0.25) is 11.8 Å². The first-order chi connectivity index (χ1) is 23.2. The molecule has 5 N–H and O–H groups in total. The number of hydrogen-bond acceptors (Lipinski definition) is 7. The van der Waals surface area contributed by atoms with Crippen LogP contribution in [-0.2, 0) is 30.5 Å². The van der Waals surface area contributed by atoms with E-state index in [0.29, 0.717) is 23.5 Å². The van der Waals surface area contributed by atoms with E-state index in [2.05, 4.69) is 29.7 Å². The minimum Gasteiger partial charge on any atom is -0.508 e. The summed E-state index contributed by atoms with van der Waals surface area (Å²) in [5, 5.41) is 32.5. The van der Waals surface area contributed by atoms with Gasteiger partial charge in [0.15, 0.2) is 6.10 Å². The van der Waals surface area contributed by atoms with Crippen LogP contribution < -0.4 is 10.6 Å². The molecule has 5 atom stereocenters. The molecule has 2 amide bonds. The zero-order valence-corrected chi connectivity index (χ0v) is 30.5. The SMILES string of the molecule is CC.CC(C)C[C@H](OC(=O)[C@H](C)CNC(=O)CNC(=O)/C=C/CC[C@H](C)C1C[C@@H]1c1ccc(CO)cc1)C(=O)O.Cc1ccc(O)c(C)c1. The van der Waals surface area contributed by atoms with Gasteiger partial charge in [0.25, 0.3) is 0 Å². The van der Waals surface area contributed by atoms with E-state index in [4.69, 9.17) is 9.84 Å². The van der Waals surface area contributed by atoms with Crippen LogP contribution in [0, 0.1) is 37.5 Å². The number of amides is 2. The normalized spacial score (nSPS) is 16.6. The maximum atomic E-state index is 12.1. The molecule has 10 nitrogen and oxygen atoms in total. The monoisotopic (exact) mass is 682 g/mol. The highest BCUT2D eigenvalue weighted by Gasteiger charge is 2.41. The lowest BCUT2D eigenvalue weighted by Crippen LogP contribution is -2.40. The van der Waals surface area contributed by atoms with Gasteiger partial charge >= 0.3 is 11.9 Å². The zero-order chi connectivity index (χ0) is 37.1.